The number of hydrogen-bond donors (Lipinski definition) is 1. The second-order valence-corrected chi connectivity index (χ2v) is 7.56. The van der Waals surface area contributed by atoms with Crippen molar-refractivity contribution >= 4 is 35.1 Å². The summed E-state index contributed by atoms with van der Waals surface area (Å²) in [6.07, 6.45) is 0. The Morgan fingerprint density at radius 3 is 2.58 bits per heavy atom. The van der Waals surface area contributed by atoms with E-state index in [1.165, 1.54) is 12.1 Å². The van der Waals surface area contributed by atoms with Crippen molar-refractivity contribution in [2.45, 2.75) is 12.2 Å². The zero-order valence-electron chi connectivity index (χ0n) is 13.9. The number of carbonyl (C=O) groups excluding carboxylic acids is 1. The van der Waals surface area contributed by atoms with Crippen molar-refractivity contribution in [3.05, 3.63) is 76.2 Å². The third kappa shape index (κ3) is 3.10. The third-order valence-corrected chi connectivity index (χ3v) is 5.77. The summed E-state index contributed by atoms with van der Waals surface area (Å²) >= 11 is 7.56. The van der Waals surface area contributed by atoms with E-state index >= 15 is 0 Å². The number of carbonyl (C=O) groups is 1. The van der Waals surface area contributed by atoms with E-state index in [4.69, 9.17) is 11.6 Å². The molecule has 0 saturated heterocycles. The molecule has 26 heavy (non-hydrogen) atoms. The summed E-state index contributed by atoms with van der Waals surface area (Å²) in [5, 5.41) is 8.18. The number of thioether (sulfide) groups is 1. The predicted octanol–water partition coefficient (Wildman–Crippen LogP) is 4.75. The number of nitrogens with zero attached hydrogens (tertiary/aromatic N) is 2. The van der Waals surface area contributed by atoms with Gasteiger partial charge in [0.2, 0.25) is 5.91 Å². The molecule has 4 nitrogen and oxygen atoms in total. The van der Waals surface area contributed by atoms with Crippen LogP contribution >= 0.6 is 23.4 Å². The summed E-state index contributed by atoms with van der Waals surface area (Å²) in [4.78, 5) is 12.3. The number of fused-ring (bicyclic) bond motifs is 1. The number of rotatable bonds is 2. The minimum Gasteiger partial charge on any atom is -0.310 e. The fourth-order valence-corrected chi connectivity index (χ4v) is 4.37. The number of benzene rings is 2. The maximum Gasteiger partial charge on any atom is 0.235 e. The molecule has 0 unspecified atom stereocenters. The van der Waals surface area contributed by atoms with Crippen molar-refractivity contribution in [3.8, 4) is 5.69 Å². The minimum atomic E-state index is -0.317. The molecular formula is C19H15ClFN3OS. The van der Waals surface area contributed by atoms with Gasteiger partial charge in [0.25, 0.3) is 0 Å². The average molecular weight is 388 g/mol. The number of halogens is 2. The highest BCUT2D eigenvalue weighted by Crippen LogP contribution is 2.43. The molecule has 1 aromatic heterocycles. The van der Waals surface area contributed by atoms with Crippen LogP contribution in [0.3, 0.4) is 0 Å². The first-order chi connectivity index (χ1) is 12.5. The zero-order chi connectivity index (χ0) is 18.3. The number of anilines is 1. The van der Waals surface area contributed by atoms with Crippen LogP contribution in [0.1, 0.15) is 22.1 Å². The summed E-state index contributed by atoms with van der Waals surface area (Å²) in [5.74, 6) is 0.563. The summed E-state index contributed by atoms with van der Waals surface area (Å²) in [6, 6.07) is 13.7. The van der Waals surface area contributed by atoms with Gasteiger partial charge in [0, 0.05) is 10.6 Å². The molecule has 0 aliphatic carbocycles. The van der Waals surface area contributed by atoms with Gasteiger partial charge < -0.3 is 5.32 Å². The number of aromatic nitrogens is 2. The van der Waals surface area contributed by atoms with Gasteiger partial charge in [-0.25, -0.2) is 9.07 Å². The van der Waals surface area contributed by atoms with Crippen LogP contribution in [-0.2, 0) is 4.79 Å². The van der Waals surface area contributed by atoms with Crippen molar-refractivity contribution < 1.29 is 9.18 Å². The Hall–Kier alpha value is -2.31. The SMILES string of the molecule is Cc1nn(-c2ccc(F)cc2)c2c1[C@@H](c1ccc(Cl)cc1)SCC(=O)N2. The summed E-state index contributed by atoms with van der Waals surface area (Å²) in [5.41, 5.74) is 3.52. The van der Waals surface area contributed by atoms with Crippen LogP contribution in [0.5, 0.6) is 0 Å². The molecule has 0 fully saturated rings. The summed E-state index contributed by atoms with van der Waals surface area (Å²) in [6.45, 7) is 1.92. The van der Waals surface area contributed by atoms with E-state index in [9.17, 15) is 9.18 Å². The molecule has 4 rings (SSSR count). The summed E-state index contributed by atoms with van der Waals surface area (Å²) < 4.78 is 14.9. The zero-order valence-corrected chi connectivity index (χ0v) is 15.4. The van der Waals surface area contributed by atoms with E-state index in [-0.39, 0.29) is 17.0 Å². The smallest absolute Gasteiger partial charge is 0.235 e. The molecular weight excluding hydrogens is 373 g/mol. The van der Waals surface area contributed by atoms with E-state index in [0.29, 0.717) is 22.3 Å². The monoisotopic (exact) mass is 387 g/mol. The van der Waals surface area contributed by atoms with Gasteiger partial charge in [-0.1, -0.05) is 23.7 Å². The molecule has 0 radical (unpaired) electrons. The maximum atomic E-state index is 13.3. The quantitative estimate of drug-likeness (QED) is 0.690. The van der Waals surface area contributed by atoms with Crippen LogP contribution in [-0.4, -0.2) is 21.4 Å². The number of amides is 1. The highest BCUT2D eigenvalue weighted by atomic mass is 35.5. The predicted molar refractivity (Wildman–Crippen MR) is 103 cm³/mol. The molecule has 1 aliphatic rings. The van der Waals surface area contributed by atoms with E-state index in [1.54, 1.807) is 28.6 Å². The van der Waals surface area contributed by atoms with Crippen LogP contribution < -0.4 is 5.32 Å². The second kappa shape index (κ2) is 6.78. The summed E-state index contributed by atoms with van der Waals surface area (Å²) in [7, 11) is 0. The Labute approximate surface area is 159 Å². The van der Waals surface area contributed by atoms with Crippen molar-refractivity contribution in [1.29, 1.82) is 0 Å². The lowest BCUT2D eigenvalue weighted by Gasteiger charge is -2.15. The Bertz CT molecular complexity index is 970. The van der Waals surface area contributed by atoms with Crippen LogP contribution in [0.4, 0.5) is 10.2 Å². The Morgan fingerprint density at radius 2 is 1.88 bits per heavy atom. The molecule has 1 N–H and O–H groups in total. The molecule has 0 spiro atoms. The molecule has 2 aromatic carbocycles. The van der Waals surface area contributed by atoms with Gasteiger partial charge in [-0.3, -0.25) is 4.79 Å². The normalized spacial score (nSPS) is 16.7. The fourth-order valence-electron chi connectivity index (χ4n) is 3.05. The van der Waals surface area contributed by atoms with Crippen molar-refractivity contribution in [1.82, 2.24) is 9.78 Å². The minimum absolute atomic E-state index is 0.0459. The van der Waals surface area contributed by atoms with Gasteiger partial charge in [0.1, 0.15) is 11.6 Å². The van der Waals surface area contributed by atoms with Gasteiger partial charge >= 0.3 is 0 Å². The van der Waals surface area contributed by atoms with Crippen molar-refractivity contribution in [2.75, 3.05) is 11.1 Å². The average Bonchev–Trinajstić information content (AvgIpc) is 2.83. The molecule has 7 heteroatoms. The standard InChI is InChI=1S/C19H15ClFN3OS/c1-11-17-18(12-2-4-13(20)5-3-12)26-10-16(25)22-19(17)24(23-11)15-8-6-14(21)7-9-15/h2-9,18H,10H2,1H3,(H,22,25)/t18-/m1/s1. The molecule has 1 aliphatic heterocycles. The largest absolute Gasteiger partial charge is 0.310 e. The van der Waals surface area contributed by atoms with E-state index in [1.807, 2.05) is 31.2 Å². The van der Waals surface area contributed by atoms with Gasteiger partial charge in [-0.15, -0.1) is 11.8 Å². The lowest BCUT2D eigenvalue weighted by atomic mass is 10.0. The van der Waals surface area contributed by atoms with Gasteiger partial charge in [0.05, 0.1) is 22.4 Å². The molecule has 0 bridgehead atoms. The number of hydrogen-bond acceptors (Lipinski definition) is 3. The lowest BCUT2D eigenvalue weighted by Crippen LogP contribution is -2.15. The van der Waals surface area contributed by atoms with Crippen LogP contribution in [0.2, 0.25) is 5.02 Å². The number of aryl methyl sites for hydroxylation is 1. The fraction of sp³-hybridized carbons (Fsp3) is 0.158. The Balaban J connectivity index is 1.87. The van der Waals surface area contributed by atoms with Gasteiger partial charge in [-0.05, 0) is 48.9 Å². The Morgan fingerprint density at radius 1 is 1.19 bits per heavy atom. The second-order valence-electron chi connectivity index (χ2n) is 6.03. The first-order valence-corrected chi connectivity index (χ1v) is 9.48. The van der Waals surface area contributed by atoms with Crippen LogP contribution in [0.15, 0.2) is 48.5 Å². The molecule has 0 saturated carbocycles. The molecule has 2 heterocycles. The van der Waals surface area contributed by atoms with Crippen LogP contribution in [0.25, 0.3) is 5.69 Å². The maximum absolute atomic E-state index is 13.3. The van der Waals surface area contributed by atoms with E-state index in [2.05, 4.69) is 10.4 Å². The van der Waals surface area contributed by atoms with Gasteiger partial charge in [0.15, 0.2) is 0 Å². The Kier molecular flexibility index (Phi) is 4.46. The molecule has 3 aromatic rings. The molecule has 132 valence electrons. The van der Waals surface area contributed by atoms with E-state index < -0.39 is 0 Å². The first kappa shape index (κ1) is 17.1. The highest BCUT2D eigenvalue weighted by molar-refractivity contribution is 8.00. The van der Waals surface area contributed by atoms with Crippen molar-refractivity contribution in [2.24, 2.45) is 0 Å². The third-order valence-electron chi connectivity index (χ3n) is 4.25. The van der Waals surface area contributed by atoms with Crippen LogP contribution in [0, 0.1) is 12.7 Å². The topological polar surface area (TPSA) is 46.9 Å². The molecule has 1 amide bonds. The number of nitrogens with one attached hydrogen (secondary N) is 1. The highest BCUT2D eigenvalue weighted by Gasteiger charge is 2.30. The molecule has 1 atom stereocenters. The van der Waals surface area contributed by atoms with Crippen molar-refractivity contribution in [3.63, 3.8) is 0 Å². The van der Waals surface area contributed by atoms with Gasteiger partial charge in [-0.2, -0.15) is 5.10 Å². The van der Waals surface area contributed by atoms with E-state index in [0.717, 1.165) is 16.8 Å². The lowest BCUT2D eigenvalue weighted by molar-refractivity contribution is -0.113. The first-order valence-electron chi connectivity index (χ1n) is 8.05.